The van der Waals surface area contributed by atoms with Crippen LogP contribution in [0.1, 0.15) is 18.4 Å². The van der Waals surface area contributed by atoms with Crippen molar-refractivity contribution in [2.45, 2.75) is 19.5 Å². The van der Waals surface area contributed by atoms with Crippen molar-refractivity contribution in [2.24, 2.45) is 11.7 Å². The maximum atomic E-state index is 12.5. The van der Waals surface area contributed by atoms with Crippen LogP contribution < -0.4 is 5.73 Å². The minimum atomic E-state index is -4.36. The Balaban J connectivity index is 2.34. The minimum Gasteiger partial charge on any atom is -0.441 e. The summed E-state index contributed by atoms with van der Waals surface area (Å²) in [6.07, 6.45) is -3.84. The van der Waals surface area contributed by atoms with E-state index in [0.717, 1.165) is 12.1 Å². The highest BCUT2D eigenvalue weighted by Crippen LogP contribution is 2.31. The summed E-state index contributed by atoms with van der Waals surface area (Å²) in [7, 11) is 0. The van der Waals surface area contributed by atoms with Gasteiger partial charge in [0.1, 0.15) is 5.52 Å². The molecule has 18 heavy (non-hydrogen) atoms. The number of benzene rings is 1. The zero-order valence-electron chi connectivity index (χ0n) is 9.79. The molecule has 0 saturated carbocycles. The second-order valence-electron chi connectivity index (χ2n) is 4.33. The second-order valence-corrected chi connectivity index (χ2v) is 4.33. The fourth-order valence-corrected chi connectivity index (χ4v) is 1.62. The smallest absolute Gasteiger partial charge is 0.416 e. The fourth-order valence-electron chi connectivity index (χ4n) is 1.62. The van der Waals surface area contributed by atoms with E-state index in [4.69, 9.17) is 10.2 Å². The molecule has 6 heteroatoms. The van der Waals surface area contributed by atoms with Crippen molar-refractivity contribution in [3.63, 3.8) is 0 Å². The second kappa shape index (κ2) is 4.61. The lowest BCUT2D eigenvalue weighted by atomic mass is 10.1. The summed E-state index contributed by atoms with van der Waals surface area (Å²) in [6.45, 7) is 2.41. The molecular formula is C12H13F3N2O. The number of nitrogens with two attached hydrogens (primary N) is 1. The number of alkyl halides is 3. The lowest BCUT2D eigenvalue weighted by Crippen LogP contribution is -2.13. The highest BCUT2D eigenvalue weighted by Gasteiger charge is 2.31. The molecule has 1 unspecified atom stereocenters. The molecule has 2 rings (SSSR count). The first-order chi connectivity index (χ1) is 8.40. The molecule has 1 aromatic carbocycles. The zero-order valence-corrected chi connectivity index (χ0v) is 9.79. The third-order valence-corrected chi connectivity index (χ3v) is 2.68. The molecule has 2 aromatic rings. The predicted octanol–water partition coefficient (Wildman–Crippen LogP) is 2.98. The van der Waals surface area contributed by atoms with Crippen LogP contribution in [0.4, 0.5) is 13.2 Å². The summed E-state index contributed by atoms with van der Waals surface area (Å²) in [5.41, 5.74) is 5.35. The Morgan fingerprint density at radius 1 is 1.39 bits per heavy atom. The Hall–Kier alpha value is -1.56. The van der Waals surface area contributed by atoms with Crippen molar-refractivity contribution in [3.8, 4) is 0 Å². The molecule has 0 aliphatic rings. The lowest BCUT2D eigenvalue weighted by Gasteiger charge is -2.04. The third kappa shape index (κ3) is 2.64. The SMILES string of the molecule is CC(CN)Cc1nc2cc(C(F)(F)F)ccc2o1. The summed E-state index contributed by atoms with van der Waals surface area (Å²) in [4.78, 5) is 4.05. The standard InChI is InChI=1S/C12H13F3N2O/c1-7(6-16)4-11-17-9-5-8(12(13,14)15)2-3-10(9)18-11/h2-3,5,7H,4,6,16H2,1H3. The van der Waals surface area contributed by atoms with Gasteiger partial charge in [0.05, 0.1) is 5.56 Å². The normalized spacial score (nSPS) is 14.1. The van der Waals surface area contributed by atoms with Gasteiger partial charge in [-0.15, -0.1) is 0 Å². The number of rotatable bonds is 3. The molecule has 98 valence electrons. The topological polar surface area (TPSA) is 52.0 Å². The van der Waals surface area contributed by atoms with Gasteiger partial charge in [0.2, 0.25) is 0 Å². The summed E-state index contributed by atoms with van der Waals surface area (Å²) >= 11 is 0. The van der Waals surface area contributed by atoms with Gasteiger partial charge < -0.3 is 10.2 Å². The van der Waals surface area contributed by atoms with Crippen LogP contribution in [-0.2, 0) is 12.6 Å². The Kier molecular flexibility index (Phi) is 3.30. The van der Waals surface area contributed by atoms with Crippen LogP contribution in [0.5, 0.6) is 0 Å². The molecule has 3 nitrogen and oxygen atoms in total. The predicted molar refractivity (Wildman–Crippen MR) is 60.9 cm³/mol. The molecule has 0 aliphatic heterocycles. The van der Waals surface area contributed by atoms with E-state index in [1.807, 2.05) is 6.92 Å². The number of aromatic nitrogens is 1. The van der Waals surface area contributed by atoms with Gasteiger partial charge >= 0.3 is 6.18 Å². The van der Waals surface area contributed by atoms with Crippen molar-refractivity contribution in [2.75, 3.05) is 6.54 Å². The van der Waals surface area contributed by atoms with E-state index in [2.05, 4.69) is 4.98 Å². The van der Waals surface area contributed by atoms with Crippen molar-refractivity contribution in [1.82, 2.24) is 4.98 Å². The first-order valence-electron chi connectivity index (χ1n) is 5.57. The highest BCUT2D eigenvalue weighted by atomic mass is 19.4. The molecule has 0 aliphatic carbocycles. The Labute approximate surface area is 102 Å². The maximum Gasteiger partial charge on any atom is 0.416 e. The number of hydrogen-bond acceptors (Lipinski definition) is 3. The number of nitrogens with zero attached hydrogens (tertiary/aromatic N) is 1. The minimum absolute atomic E-state index is 0.181. The molecule has 1 heterocycles. The Morgan fingerprint density at radius 2 is 2.11 bits per heavy atom. The Bertz CT molecular complexity index is 548. The van der Waals surface area contributed by atoms with E-state index in [9.17, 15) is 13.2 Å². The van der Waals surface area contributed by atoms with Crippen molar-refractivity contribution >= 4 is 11.1 Å². The summed E-state index contributed by atoms with van der Waals surface area (Å²) < 4.78 is 42.9. The molecule has 1 atom stereocenters. The van der Waals surface area contributed by atoms with E-state index in [1.165, 1.54) is 6.07 Å². The number of fused-ring (bicyclic) bond motifs is 1. The van der Waals surface area contributed by atoms with Crippen LogP contribution in [0, 0.1) is 5.92 Å². The van der Waals surface area contributed by atoms with Crippen molar-refractivity contribution < 1.29 is 17.6 Å². The van der Waals surface area contributed by atoms with Gasteiger partial charge in [-0.25, -0.2) is 4.98 Å². The van der Waals surface area contributed by atoms with Crippen LogP contribution in [0.2, 0.25) is 0 Å². The molecule has 1 aromatic heterocycles. The molecule has 0 amide bonds. The van der Waals surface area contributed by atoms with Gasteiger partial charge in [0.25, 0.3) is 0 Å². The first-order valence-corrected chi connectivity index (χ1v) is 5.57. The van der Waals surface area contributed by atoms with Crippen LogP contribution >= 0.6 is 0 Å². The van der Waals surface area contributed by atoms with Crippen LogP contribution in [0.15, 0.2) is 22.6 Å². The number of hydrogen-bond donors (Lipinski definition) is 1. The monoisotopic (exact) mass is 258 g/mol. The van der Waals surface area contributed by atoms with Crippen LogP contribution in [-0.4, -0.2) is 11.5 Å². The molecule has 0 spiro atoms. The number of oxazole rings is 1. The molecule has 0 fully saturated rings. The lowest BCUT2D eigenvalue weighted by molar-refractivity contribution is -0.137. The van der Waals surface area contributed by atoms with Gasteiger partial charge in [-0.2, -0.15) is 13.2 Å². The van der Waals surface area contributed by atoms with Crippen LogP contribution in [0.25, 0.3) is 11.1 Å². The summed E-state index contributed by atoms with van der Waals surface area (Å²) in [6, 6.07) is 3.28. The van der Waals surface area contributed by atoms with E-state index >= 15 is 0 Å². The summed E-state index contributed by atoms with van der Waals surface area (Å²) in [5, 5.41) is 0. The van der Waals surface area contributed by atoms with E-state index in [-0.39, 0.29) is 11.4 Å². The molecular weight excluding hydrogens is 245 g/mol. The average molecular weight is 258 g/mol. The van der Waals surface area contributed by atoms with Gasteiger partial charge in [0, 0.05) is 6.42 Å². The summed E-state index contributed by atoms with van der Waals surface area (Å²) in [5.74, 6) is 0.599. The first kappa shape index (κ1) is 12.9. The average Bonchev–Trinajstić information content (AvgIpc) is 2.68. The van der Waals surface area contributed by atoms with E-state index < -0.39 is 11.7 Å². The van der Waals surface area contributed by atoms with Gasteiger partial charge in [-0.3, -0.25) is 0 Å². The third-order valence-electron chi connectivity index (χ3n) is 2.68. The Morgan fingerprint density at radius 3 is 2.72 bits per heavy atom. The molecule has 0 saturated heterocycles. The van der Waals surface area contributed by atoms with Gasteiger partial charge in [-0.1, -0.05) is 6.92 Å². The largest absolute Gasteiger partial charge is 0.441 e. The van der Waals surface area contributed by atoms with Crippen molar-refractivity contribution in [1.29, 1.82) is 0 Å². The van der Waals surface area contributed by atoms with Gasteiger partial charge in [-0.05, 0) is 30.7 Å². The molecule has 2 N–H and O–H groups in total. The van der Waals surface area contributed by atoms with Crippen molar-refractivity contribution in [3.05, 3.63) is 29.7 Å². The van der Waals surface area contributed by atoms with Crippen LogP contribution in [0.3, 0.4) is 0 Å². The van der Waals surface area contributed by atoms with Gasteiger partial charge in [0.15, 0.2) is 11.5 Å². The fraction of sp³-hybridized carbons (Fsp3) is 0.417. The highest BCUT2D eigenvalue weighted by molar-refractivity contribution is 5.73. The molecule has 0 radical (unpaired) electrons. The number of halogens is 3. The molecule has 0 bridgehead atoms. The quantitative estimate of drug-likeness (QED) is 0.920. The zero-order chi connectivity index (χ0) is 13.3. The maximum absolute atomic E-state index is 12.5. The van der Waals surface area contributed by atoms with E-state index in [0.29, 0.717) is 24.4 Å². The van der Waals surface area contributed by atoms with E-state index in [1.54, 1.807) is 0 Å².